The van der Waals surface area contributed by atoms with Crippen LogP contribution in [0.1, 0.15) is 41.1 Å². The van der Waals surface area contributed by atoms with Gasteiger partial charge in [0, 0.05) is 17.7 Å². The van der Waals surface area contributed by atoms with E-state index in [9.17, 15) is 9.59 Å². The van der Waals surface area contributed by atoms with Crippen LogP contribution in [0.2, 0.25) is 0 Å². The van der Waals surface area contributed by atoms with Crippen LogP contribution >= 0.6 is 0 Å². The number of anilines is 1. The number of aryl methyl sites for hydroxylation is 1. The topological polar surface area (TPSA) is 71.3 Å². The van der Waals surface area contributed by atoms with E-state index in [1.807, 2.05) is 19.1 Å². The Hall–Kier alpha value is -2.56. The molecular formula is C16H16N2O3. The first-order valence-corrected chi connectivity index (χ1v) is 6.90. The summed E-state index contributed by atoms with van der Waals surface area (Å²) in [5, 5.41) is 5.70. The Morgan fingerprint density at radius 3 is 2.95 bits per heavy atom. The lowest BCUT2D eigenvalue weighted by molar-refractivity contribution is -0.116. The van der Waals surface area contributed by atoms with Gasteiger partial charge in [-0.15, -0.1) is 0 Å². The Balaban J connectivity index is 1.75. The van der Waals surface area contributed by atoms with Gasteiger partial charge < -0.3 is 15.1 Å². The van der Waals surface area contributed by atoms with Crippen molar-refractivity contribution in [1.82, 2.24) is 5.32 Å². The number of carbonyl (C=O) groups is 2. The van der Waals surface area contributed by atoms with Gasteiger partial charge in [0.05, 0.1) is 12.3 Å². The first kappa shape index (κ1) is 13.4. The zero-order chi connectivity index (χ0) is 14.8. The monoisotopic (exact) mass is 284 g/mol. The Morgan fingerprint density at radius 2 is 2.19 bits per heavy atom. The van der Waals surface area contributed by atoms with Crippen LogP contribution in [0.4, 0.5) is 5.69 Å². The zero-order valence-corrected chi connectivity index (χ0v) is 11.7. The van der Waals surface area contributed by atoms with Crippen molar-refractivity contribution in [2.24, 2.45) is 0 Å². The summed E-state index contributed by atoms with van der Waals surface area (Å²) in [6.07, 6.45) is 2.70. The first-order chi connectivity index (χ1) is 10.1. The molecule has 3 rings (SSSR count). The van der Waals surface area contributed by atoms with Gasteiger partial charge in [-0.25, -0.2) is 0 Å². The largest absolute Gasteiger partial charge is 0.467 e. The maximum Gasteiger partial charge on any atom is 0.251 e. The molecule has 0 fully saturated rings. The number of hydrogen-bond donors (Lipinski definition) is 2. The number of carbonyl (C=O) groups excluding carboxylic acids is 2. The average Bonchev–Trinajstić information content (AvgIpc) is 3.01. The van der Waals surface area contributed by atoms with E-state index in [4.69, 9.17) is 4.42 Å². The van der Waals surface area contributed by atoms with E-state index in [1.165, 1.54) is 0 Å². The van der Waals surface area contributed by atoms with Crippen molar-refractivity contribution in [2.75, 3.05) is 5.32 Å². The van der Waals surface area contributed by atoms with Crippen molar-refractivity contribution >= 4 is 17.5 Å². The second-order valence-corrected chi connectivity index (χ2v) is 5.13. The molecule has 2 heterocycles. The van der Waals surface area contributed by atoms with Crippen LogP contribution in [-0.2, 0) is 11.2 Å². The summed E-state index contributed by atoms with van der Waals surface area (Å²) in [7, 11) is 0. The van der Waals surface area contributed by atoms with E-state index in [-0.39, 0.29) is 17.9 Å². The molecule has 0 aliphatic carbocycles. The van der Waals surface area contributed by atoms with Gasteiger partial charge in [-0.1, -0.05) is 0 Å². The maximum atomic E-state index is 12.3. The molecule has 5 nitrogen and oxygen atoms in total. The van der Waals surface area contributed by atoms with Gasteiger partial charge >= 0.3 is 0 Å². The number of fused-ring (bicyclic) bond motifs is 1. The maximum absolute atomic E-state index is 12.3. The molecule has 108 valence electrons. The molecule has 0 radical (unpaired) electrons. The van der Waals surface area contributed by atoms with E-state index < -0.39 is 0 Å². The highest BCUT2D eigenvalue weighted by Gasteiger charge is 2.18. The lowest BCUT2D eigenvalue weighted by Gasteiger charge is -2.18. The second kappa shape index (κ2) is 5.44. The molecule has 2 aromatic rings. The molecule has 1 aromatic heterocycles. The fourth-order valence-corrected chi connectivity index (χ4v) is 2.41. The Morgan fingerprint density at radius 1 is 1.33 bits per heavy atom. The molecule has 1 atom stereocenters. The van der Waals surface area contributed by atoms with Crippen LogP contribution in [0.5, 0.6) is 0 Å². The molecule has 0 bridgehead atoms. The third kappa shape index (κ3) is 2.81. The van der Waals surface area contributed by atoms with Gasteiger partial charge in [0.15, 0.2) is 0 Å². The highest BCUT2D eigenvalue weighted by atomic mass is 16.3. The number of hydrogen-bond acceptors (Lipinski definition) is 3. The summed E-state index contributed by atoms with van der Waals surface area (Å²) < 4.78 is 5.27. The molecule has 1 aromatic carbocycles. The minimum absolute atomic E-state index is 0.0196. The van der Waals surface area contributed by atoms with Crippen molar-refractivity contribution in [1.29, 1.82) is 0 Å². The van der Waals surface area contributed by atoms with Gasteiger partial charge in [-0.2, -0.15) is 0 Å². The summed E-state index contributed by atoms with van der Waals surface area (Å²) in [5.74, 6) is 0.582. The normalized spacial score (nSPS) is 15.0. The molecule has 21 heavy (non-hydrogen) atoms. The molecule has 2 N–H and O–H groups in total. The minimum atomic E-state index is -0.191. The number of nitrogens with one attached hydrogen (secondary N) is 2. The lowest BCUT2D eigenvalue weighted by atomic mass is 10.00. The summed E-state index contributed by atoms with van der Waals surface area (Å²) >= 11 is 0. The molecule has 5 heteroatoms. The standard InChI is InChI=1S/C16H16N2O3/c1-10(14-3-2-8-21-14)17-16(20)12-4-6-13-11(9-12)5-7-15(19)18-13/h2-4,6,8-10H,5,7H2,1H3,(H,17,20)(H,18,19)/t10-/m1/s1. The van der Waals surface area contributed by atoms with Crippen LogP contribution in [0.3, 0.4) is 0 Å². The molecule has 2 amide bonds. The fraction of sp³-hybridized carbons (Fsp3) is 0.250. The average molecular weight is 284 g/mol. The van der Waals surface area contributed by atoms with Crippen LogP contribution in [0.25, 0.3) is 0 Å². The summed E-state index contributed by atoms with van der Waals surface area (Å²) in [6.45, 7) is 1.87. The van der Waals surface area contributed by atoms with E-state index >= 15 is 0 Å². The molecule has 0 unspecified atom stereocenters. The minimum Gasteiger partial charge on any atom is -0.467 e. The van der Waals surface area contributed by atoms with Crippen molar-refractivity contribution in [3.05, 3.63) is 53.5 Å². The van der Waals surface area contributed by atoms with Crippen LogP contribution in [0.15, 0.2) is 41.0 Å². The molecule has 0 saturated heterocycles. The third-order valence-electron chi connectivity index (χ3n) is 3.58. The highest BCUT2D eigenvalue weighted by molar-refractivity contribution is 5.98. The second-order valence-electron chi connectivity index (χ2n) is 5.13. The fourth-order valence-electron chi connectivity index (χ4n) is 2.41. The number of amides is 2. The van der Waals surface area contributed by atoms with E-state index in [0.717, 1.165) is 11.3 Å². The van der Waals surface area contributed by atoms with E-state index in [2.05, 4.69) is 10.6 Å². The number of furan rings is 1. The van der Waals surface area contributed by atoms with Gasteiger partial charge in [0.1, 0.15) is 5.76 Å². The van der Waals surface area contributed by atoms with E-state index in [0.29, 0.717) is 24.2 Å². The van der Waals surface area contributed by atoms with Crippen LogP contribution < -0.4 is 10.6 Å². The highest BCUT2D eigenvalue weighted by Crippen LogP contribution is 2.24. The Bertz CT molecular complexity index is 677. The summed E-state index contributed by atoms with van der Waals surface area (Å²) in [6, 6.07) is 8.75. The molecular weight excluding hydrogens is 268 g/mol. The number of benzene rings is 1. The van der Waals surface area contributed by atoms with Gasteiger partial charge in [0.2, 0.25) is 5.91 Å². The van der Waals surface area contributed by atoms with Crippen molar-refractivity contribution in [3.8, 4) is 0 Å². The molecule has 0 spiro atoms. The van der Waals surface area contributed by atoms with Crippen molar-refractivity contribution in [3.63, 3.8) is 0 Å². The smallest absolute Gasteiger partial charge is 0.251 e. The quantitative estimate of drug-likeness (QED) is 0.910. The van der Waals surface area contributed by atoms with Crippen LogP contribution in [0, 0.1) is 0 Å². The predicted octanol–water partition coefficient (Wildman–Crippen LogP) is 2.66. The lowest BCUT2D eigenvalue weighted by Crippen LogP contribution is -2.27. The molecule has 1 aliphatic heterocycles. The first-order valence-electron chi connectivity index (χ1n) is 6.90. The molecule has 1 aliphatic rings. The predicted molar refractivity (Wildman–Crippen MR) is 78.0 cm³/mol. The zero-order valence-electron chi connectivity index (χ0n) is 11.7. The number of rotatable bonds is 3. The van der Waals surface area contributed by atoms with Crippen LogP contribution in [-0.4, -0.2) is 11.8 Å². The van der Waals surface area contributed by atoms with Crippen molar-refractivity contribution in [2.45, 2.75) is 25.8 Å². The Labute approximate surface area is 122 Å². The molecule has 0 saturated carbocycles. The third-order valence-corrected chi connectivity index (χ3v) is 3.58. The van der Waals surface area contributed by atoms with E-state index in [1.54, 1.807) is 24.5 Å². The van der Waals surface area contributed by atoms with Crippen molar-refractivity contribution < 1.29 is 14.0 Å². The SMILES string of the molecule is C[C@@H](NC(=O)c1ccc2c(c1)CCC(=O)N2)c1ccco1. The van der Waals surface area contributed by atoms with Gasteiger partial charge in [-0.3, -0.25) is 9.59 Å². The van der Waals surface area contributed by atoms with Gasteiger partial charge in [-0.05, 0) is 49.2 Å². The Kier molecular flexibility index (Phi) is 3.48. The summed E-state index contributed by atoms with van der Waals surface area (Å²) in [5.41, 5.74) is 2.37. The van der Waals surface area contributed by atoms with Gasteiger partial charge in [0.25, 0.3) is 5.91 Å². The summed E-state index contributed by atoms with van der Waals surface area (Å²) in [4.78, 5) is 23.6.